The summed E-state index contributed by atoms with van der Waals surface area (Å²) < 4.78 is 1.66. The van der Waals surface area contributed by atoms with Crippen molar-refractivity contribution in [2.75, 3.05) is 7.05 Å². The molecule has 96 valence electrons. The number of aromatic nitrogens is 2. The van der Waals surface area contributed by atoms with Crippen molar-refractivity contribution in [3.8, 4) is 5.69 Å². The quantitative estimate of drug-likeness (QED) is 0.874. The van der Waals surface area contributed by atoms with Crippen LogP contribution in [0.2, 0.25) is 0 Å². The first kappa shape index (κ1) is 14.2. The zero-order valence-electron chi connectivity index (χ0n) is 9.96. The number of hydrogen-bond acceptors (Lipinski definition) is 3. The lowest BCUT2D eigenvalue weighted by atomic mass is 10.2. The van der Waals surface area contributed by atoms with Crippen LogP contribution in [0.5, 0.6) is 0 Å². The lowest BCUT2D eigenvalue weighted by Crippen LogP contribution is -2.18. The van der Waals surface area contributed by atoms with Crippen molar-refractivity contribution in [1.82, 2.24) is 15.1 Å². The van der Waals surface area contributed by atoms with Crippen molar-refractivity contribution in [2.24, 2.45) is 5.73 Å². The van der Waals surface area contributed by atoms with Gasteiger partial charge in [0.15, 0.2) is 5.69 Å². The molecule has 2 aromatic rings. The number of amides is 1. The zero-order chi connectivity index (χ0) is 12.3. The van der Waals surface area contributed by atoms with Gasteiger partial charge in [-0.15, -0.1) is 12.4 Å². The van der Waals surface area contributed by atoms with Crippen LogP contribution in [0.4, 0.5) is 0 Å². The molecule has 0 bridgehead atoms. The fraction of sp³-hybridized carbons (Fsp3) is 0.167. The van der Waals surface area contributed by atoms with E-state index in [2.05, 4.69) is 10.4 Å². The van der Waals surface area contributed by atoms with Crippen LogP contribution < -0.4 is 11.1 Å². The van der Waals surface area contributed by atoms with Gasteiger partial charge in [0.25, 0.3) is 5.91 Å². The van der Waals surface area contributed by atoms with Crippen molar-refractivity contribution in [3.05, 3.63) is 47.8 Å². The molecule has 0 atom stereocenters. The first-order chi connectivity index (χ1) is 8.24. The molecule has 0 saturated heterocycles. The monoisotopic (exact) mass is 266 g/mol. The predicted molar refractivity (Wildman–Crippen MR) is 72.1 cm³/mol. The minimum Gasteiger partial charge on any atom is -0.354 e. The SMILES string of the molecule is CNC(=O)c1ccn(-c2cccc(CN)c2)n1.Cl. The third kappa shape index (κ3) is 2.88. The summed E-state index contributed by atoms with van der Waals surface area (Å²) in [5.41, 5.74) is 7.89. The van der Waals surface area contributed by atoms with E-state index in [1.165, 1.54) is 0 Å². The van der Waals surface area contributed by atoms with Crippen molar-refractivity contribution < 1.29 is 4.79 Å². The van der Waals surface area contributed by atoms with Crippen molar-refractivity contribution in [1.29, 1.82) is 0 Å². The average Bonchev–Trinajstić information content (AvgIpc) is 2.87. The second-order valence-electron chi connectivity index (χ2n) is 3.60. The number of carbonyl (C=O) groups is 1. The van der Waals surface area contributed by atoms with Gasteiger partial charge < -0.3 is 11.1 Å². The number of nitrogens with zero attached hydrogens (tertiary/aromatic N) is 2. The second kappa shape index (κ2) is 6.18. The summed E-state index contributed by atoms with van der Waals surface area (Å²) in [5, 5.41) is 6.72. The highest BCUT2D eigenvalue weighted by Crippen LogP contribution is 2.10. The summed E-state index contributed by atoms with van der Waals surface area (Å²) in [5.74, 6) is -0.196. The minimum absolute atomic E-state index is 0. The van der Waals surface area contributed by atoms with Gasteiger partial charge in [0.05, 0.1) is 5.69 Å². The highest BCUT2D eigenvalue weighted by molar-refractivity contribution is 5.91. The van der Waals surface area contributed by atoms with Crippen LogP contribution in [0, 0.1) is 0 Å². The van der Waals surface area contributed by atoms with Crippen LogP contribution >= 0.6 is 12.4 Å². The largest absolute Gasteiger partial charge is 0.354 e. The van der Waals surface area contributed by atoms with E-state index in [4.69, 9.17) is 5.73 Å². The number of benzene rings is 1. The summed E-state index contributed by atoms with van der Waals surface area (Å²) in [7, 11) is 1.58. The fourth-order valence-corrected chi connectivity index (χ4v) is 1.54. The average molecular weight is 267 g/mol. The molecule has 0 spiro atoms. The van der Waals surface area contributed by atoms with Gasteiger partial charge in [-0.3, -0.25) is 4.79 Å². The van der Waals surface area contributed by atoms with Gasteiger partial charge in [-0.1, -0.05) is 12.1 Å². The van der Waals surface area contributed by atoms with Crippen LogP contribution in [0.15, 0.2) is 36.5 Å². The third-order valence-corrected chi connectivity index (χ3v) is 2.46. The van der Waals surface area contributed by atoms with Crippen LogP contribution in [-0.2, 0) is 6.54 Å². The van der Waals surface area contributed by atoms with E-state index in [0.717, 1.165) is 11.3 Å². The molecule has 0 aliphatic rings. The zero-order valence-corrected chi connectivity index (χ0v) is 10.8. The predicted octanol–water partition coefficient (Wildman–Crippen LogP) is 1.11. The van der Waals surface area contributed by atoms with Gasteiger partial charge in [-0.2, -0.15) is 5.10 Å². The van der Waals surface area contributed by atoms with Crippen LogP contribution in [0.25, 0.3) is 5.69 Å². The lowest BCUT2D eigenvalue weighted by molar-refractivity contribution is 0.0958. The Morgan fingerprint density at radius 2 is 2.22 bits per heavy atom. The van der Waals surface area contributed by atoms with E-state index < -0.39 is 0 Å². The van der Waals surface area contributed by atoms with Crippen molar-refractivity contribution in [3.63, 3.8) is 0 Å². The molecular weight excluding hydrogens is 252 g/mol. The summed E-state index contributed by atoms with van der Waals surface area (Å²) in [6, 6.07) is 9.40. The highest BCUT2D eigenvalue weighted by atomic mass is 35.5. The van der Waals surface area contributed by atoms with Crippen LogP contribution in [0.1, 0.15) is 16.1 Å². The van der Waals surface area contributed by atoms with Gasteiger partial charge in [-0.05, 0) is 23.8 Å². The summed E-state index contributed by atoms with van der Waals surface area (Å²) >= 11 is 0. The van der Waals surface area contributed by atoms with Crippen LogP contribution in [-0.4, -0.2) is 22.7 Å². The maximum Gasteiger partial charge on any atom is 0.271 e. The Kier molecular flexibility index (Phi) is 4.88. The van der Waals surface area contributed by atoms with Gasteiger partial charge in [0.1, 0.15) is 0 Å². The molecule has 0 unspecified atom stereocenters. The van der Waals surface area contributed by atoms with Gasteiger partial charge in [-0.25, -0.2) is 4.68 Å². The number of rotatable bonds is 3. The summed E-state index contributed by atoms with van der Waals surface area (Å²) in [4.78, 5) is 11.4. The molecule has 3 N–H and O–H groups in total. The van der Waals surface area contributed by atoms with E-state index in [9.17, 15) is 4.79 Å². The maximum absolute atomic E-state index is 11.4. The van der Waals surface area contributed by atoms with E-state index in [1.54, 1.807) is 24.0 Å². The number of carbonyl (C=O) groups excluding carboxylic acids is 1. The first-order valence-corrected chi connectivity index (χ1v) is 5.31. The molecule has 6 heteroatoms. The lowest BCUT2D eigenvalue weighted by Gasteiger charge is -2.03. The molecule has 0 fully saturated rings. The molecule has 0 saturated carbocycles. The van der Waals surface area contributed by atoms with Crippen molar-refractivity contribution >= 4 is 18.3 Å². The molecule has 0 aliphatic heterocycles. The van der Waals surface area contributed by atoms with Gasteiger partial charge >= 0.3 is 0 Å². The van der Waals surface area contributed by atoms with E-state index in [1.807, 2.05) is 24.3 Å². The topological polar surface area (TPSA) is 72.9 Å². The van der Waals surface area contributed by atoms with Gasteiger partial charge in [0, 0.05) is 19.8 Å². The van der Waals surface area contributed by atoms with E-state index in [0.29, 0.717) is 12.2 Å². The molecule has 0 radical (unpaired) electrons. The first-order valence-electron chi connectivity index (χ1n) is 5.31. The normalized spacial score (nSPS) is 9.67. The van der Waals surface area contributed by atoms with Gasteiger partial charge in [0.2, 0.25) is 0 Å². The number of halogens is 1. The Morgan fingerprint density at radius 3 is 2.89 bits per heavy atom. The third-order valence-electron chi connectivity index (χ3n) is 2.46. The van der Waals surface area contributed by atoms with Crippen LogP contribution in [0.3, 0.4) is 0 Å². The van der Waals surface area contributed by atoms with E-state index >= 15 is 0 Å². The number of nitrogens with two attached hydrogens (primary N) is 1. The second-order valence-corrected chi connectivity index (χ2v) is 3.60. The Labute approximate surface area is 111 Å². The molecule has 18 heavy (non-hydrogen) atoms. The molecular formula is C12H15ClN4O. The Hall–Kier alpha value is -1.85. The Morgan fingerprint density at radius 1 is 1.44 bits per heavy atom. The molecule has 1 aromatic heterocycles. The smallest absolute Gasteiger partial charge is 0.271 e. The highest BCUT2D eigenvalue weighted by Gasteiger charge is 2.07. The maximum atomic E-state index is 11.4. The standard InChI is InChI=1S/C12H14N4O.ClH/c1-14-12(17)11-5-6-16(15-11)10-4-2-3-9(7-10)8-13;/h2-7H,8,13H2,1H3,(H,14,17);1H. The summed E-state index contributed by atoms with van der Waals surface area (Å²) in [6.07, 6.45) is 1.75. The fourth-order valence-electron chi connectivity index (χ4n) is 1.54. The molecule has 1 heterocycles. The number of hydrogen-bond donors (Lipinski definition) is 2. The molecule has 1 amide bonds. The number of nitrogens with one attached hydrogen (secondary N) is 1. The van der Waals surface area contributed by atoms with Crippen molar-refractivity contribution in [2.45, 2.75) is 6.54 Å². The Bertz CT molecular complexity index is 538. The molecule has 0 aliphatic carbocycles. The molecule has 5 nitrogen and oxygen atoms in total. The molecule has 1 aromatic carbocycles. The summed E-state index contributed by atoms with van der Waals surface area (Å²) in [6.45, 7) is 0.484. The van der Waals surface area contributed by atoms with E-state index in [-0.39, 0.29) is 18.3 Å². The Balaban J connectivity index is 0.00000162. The molecule has 2 rings (SSSR count). The minimum atomic E-state index is -0.196.